The Hall–Kier alpha value is -3.00. The average Bonchev–Trinajstić information content (AvgIpc) is 3.46. The first-order chi connectivity index (χ1) is 13.7. The molecule has 1 aliphatic carbocycles. The van der Waals surface area contributed by atoms with Crippen LogP contribution in [0.4, 0.5) is 0 Å². The number of nitrogens with one attached hydrogen (secondary N) is 1. The number of thioether (sulfide) groups is 1. The minimum Gasteiger partial charge on any atom is -0.299 e. The molecule has 3 aromatic rings. The smallest absolute Gasteiger partial charge is 0.237 e. The molecule has 0 saturated heterocycles. The second kappa shape index (κ2) is 8.35. The number of imide groups is 1. The molecule has 0 radical (unpaired) electrons. The largest absolute Gasteiger partial charge is 0.299 e. The number of hydrogen-bond acceptors (Lipinski definition) is 6. The van der Waals surface area contributed by atoms with E-state index >= 15 is 0 Å². The maximum absolute atomic E-state index is 12.2. The van der Waals surface area contributed by atoms with E-state index in [1.165, 1.54) is 11.8 Å². The first-order valence-electron chi connectivity index (χ1n) is 9.05. The number of hydrogen-bond donors (Lipinski definition) is 1. The summed E-state index contributed by atoms with van der Waals surface area (Å²) in [6, 6.07) is 13.5. The number of nitrogens with zero attached hydrogens (tertiary/aromatic N) is 4. The van der Waals surface area contributed by atoms with Crippen LogP contribution in [0, 0.1) is 0 Å². The van der Waals surface area contributed by atoms with Gasteiger partial charge in [0.2, 0.25) is 11.8 Å². The Morgan fingerprint density at radius 2 is 1.89 bits per heavy atom. The molecule has 2 heterocycles. The summed E-state index contributed by atoms with van der Waals surface area (Å²) in [5.41, 5.74) is 1.77. The Morgan fingerprint density at radius 1 is 1.07 bits per heavy atom. The van der Waals surface area contributed by atoms with E-state index in [9.17, 15) is 9.59 Å². The van der Waals surface area contributed by atoms with E-state index in [-0.39, 0.29) is 24.0 Å². The van der Waals surface area contributed by atoms with Crippen LogP contribution in [0.2, 0.25) is 0 Å². The molecule has 7 nitrogen and oxygen atoms in total. The highest BCUT2D eigenvalue weighted by Gasteiger charge is 2.30. The van der Waals surface area contributed by atoms with Gasteiger partial charge in [-0.05, 0) is 30.5 Å². The van der Waals surface area contributed by atoms with Gasteiger partial charge < -0.3 is 0 Å². The summed E-state index contributed by atoms with van der Waals surface area (Å²) in [6.45, 7) is 0. The third-order valence-corrected chi connectivity index (χ3v) is 5.26. The number of benzene rings is 1. The SMILES string of the molecule is O=C(CSc1nnc(-c2cccnc2)n1C1CC1)NC(=O)Cc1ccccc1. The molecule has 4 rings (SSSR count). The Balaban J connectivity index is 1.38. The summed E-state index contributed by atoms with van der Waals surface area (Å²) < 4.78 is 2.07. The van der Waals surface area contributed by atoms with Crippen molar-refractivity contribution in [2.75, 3.05) is 5.75 Å². The molecule has 2 aromatic heterocycles. The van der Waals surface area contributed by atoms with Crippen LogP contribution in [-0.2, 0) is 16.0 Å². The molecule has 28 heavy (non-hydrogen) atoms. The van der Waals surface area contributed by atoms with Crippen molar-refractivity contribution in [3.8, 4) is 11.4 Å². The standard InChI is InChI=1S/C20H19N5O2S/c26-17(11-14-5-2-1-3-6-14)22-18(27)13-28-20-24-23-19(25(20)16-8-9-16)15-7-4-10-21-12-15/h1-7,10,12,16H,8-9,11,13H2,(H,22,26,27). The monoisotopic (exact) mass is 393 g/mol. The molecule has 1 fully saturated rings. The van der Waals surface area contributed by atoms with Crippen LogP contribution in [0.1, 0.15) is 24.4 Å². The van der Waals surface area contributed by atoms with Crippen LogP contribution in [-0.4, -0.2) is 37.3 Å². The molecule has 8 heteroatoms. The Kier molecular flexibility index (Phi) is 5.48. The lowest BCUT2D eigenvalue weighted by Crippen LogP contribution is -2.33. The van der Waals surface area contributed by atoms with Gasteiger partial charge in [0.25, 0.3) is 0 Å². The van der Waals surface area contributed by atoms with Gasteiger partial charge in [-0.2, -0.15) is 0 Å². The molecular weight excluding hydrogens is 374 g/mol. The predicted molar refractivity (Wildman–Crippen MR) is 106 cm³/mol. The quantitative estimate of drug-likeness (QED) is 0.621. The molecule has 0 atom stereocenters. The molecule has 1 aliphatic rings. The molecule has 0 bridgehead atoms. The van der Waals surface area contributed by atoms with Crippen molar-refractivity contribution in [1.29, 1.82) is 0 Å². The topological polar surface area (TPSA) is 89.8 Å². The number of carbonyl (C=O) groups excluding carboxylic acids is 2. The molecule has 142 valence electrons. The molecule has 1 N–H and O–H groups in total. The third-order valence-electron chi connectivity index (χ3n) is 4.32. The van der Waals surface area contributed by atoms with Crippen molar-refractivity contribution in [3.63, 3.8) is 0 Å². The fourth-order valence-corrected chi connectivity index (χ4v) is 3.68. The highest BCUT2D eigenvalue weighted by Crippen LogP contribution is 2.40. The lowest BCUT2D eigenvalue weighted by Gasteiger charge is -2.08. The van der Waals surface area contributed by atoms with E-state index in [0.29, 0.717) is 11.2 Å². The zero-order valence-electron chi connectivity index (χ0n) is 15.1. The number of carbonyl (C=O) groups is 2. The zero-order chi connectivity index (χ0) is 19.3. The first-order valence-corrected chi connectivity index (χ1v) is 10.0. The van der Waals surface area contributed by atoms with Crippen molar-refractivity contribution >= 4 is 23.6 Å². The lowest BCUT2D eigenvalue weighted by atomic mass is 10.1. The number of pyridine rings is 1. The van der Waals surface area contributed by atoms with Crippen molar-refractivity contribution in [2.24, 2.45) is 0 Å². The summed E-state index contributed by atoms with van der Waals surface area (Å²) in [7, 11) is 0. The van der Waals surface area contributed by atoms with E-state index in [2.05, 4.69) is 25.1 Å². The van der Waals surface area contributed by atoms with Crippen LogP contribution in [0.15, 0.2) is 60.0 Å². The molecule has 2 amide bonds. The van der Waals surface area contributed by atoms with E-state index in [1.807, 2.05) is 42.5 Å². The van der Waals surface area contributed by atoms with Gasteiger partial charge in [-0.15, -0.1) is 10.2 Å². The molecule has 0 unspecified atom stereocenters. The van der Waals surface area contributed by atoms with Gasteiger partial charge in [-0.25, -0.2) is 0 Å². The minimum atomic E-state index is -0.334. The zero-order valence-corrected chi connectivity index (χ0v) is 15.9. The second-order valence-corrected chi connectivity index (χ2v) is 7.51. The van der Waals surface area contributed by atoms with Crippen LogP contribution >= 0.6 is 11.8 Å². The highest BCUT2D eigenvalue weighted by atomic mass is 32.2. The Labute approximate surface area is 166 Å². The van der Waals surface area contributed by atoms with Crippen molar-refractivity contribution in [2.45, 2.75) is 30.5 Å². The average molecular weight is 393 g/mol. The van der Waals surface area contributed by atoms with Gasteiger partial charge >= 0.3 is 0 Å². The van der Waals surface area contributed by atoms with Crippen LogP contribution in [0.25, 0.3) is 11.4 Å². The van der Waals surface area contributed by atoms with Crippen LogP contribution in [0.5, 0.6) is 0 Å². The maximum atomic E-state index is 12.2. The van der Waals surface area contributed by atoms with E-state index < -0.39 is 0 Å². The van der Waals surface area contributed by atoms with Gasteiger partial charge in [-0.3, -0.25) is 24.5 Å². The molecule has 1 saturated carbocycles. The maximum Gasteiger partial charge on any atom is 0.237 e. The van der Waals surface area contributed by atoms with Crippen molar-refractivity contribution in [1.82, 2.24) is 25.1 Å². The van der Waals surface area contributed by atoms with Crippen LogP contribution < -0.4 is 5.32 Å². The number of aromatic nitrogens is 4. The normalized spacial score (nSPS) is 13.3. The summed E-state index contributed by atoms with van der Waals surface area (Å²) >= 11 is 1.29. The van der Waals surface area contributed by atoms with Crippen molar-refractivity contribution in [3.05, 3.63) is 60.4 Å². The Bertz CT molecular complexity index is 971. The van der Waals surface area contributed by atoms with Gasteiger partial charge in [0, 0.05) is 24.0 Å². The van der Waals surface area contributed by atoms with Gasteiger partial charge in [0.15, 0.2) is 11.0 Å². The van der Waals surface area contributed by atoms with E-state index in [4.69, 9.17) is 0 Å². The van der Waals surface area contributed by atoms with Gasteiger partial charge in [0.05, 0.1) is 12.2 Å². The summed E-state index contributed by atoms with van der Waals surface area (Å²) in [4.78, 5) is 28.3. The summed E-state index contributed by atoms with van der Waals surface area (Å²) in [5.74, 6) is 0.229. The first kappa shape index (κ1) is 18.4. The highest BCUT2D eigenvalue weighted by molar-refractivity contribution is 7.99. The fourth-order valence-electron chi connectivity index (χ4n) is 2.88. The molecule has 0 aliphatic heterocycles. The minimum absolute atomic E-state index is 0.110. The van der Waals surface area contributed by atoms with Gasteiger partial charge in [0.1, 0.15) is 0 Å². The van der Waals surface area contributed by atoms with E-state index in [1.54, 1.807) is 12.4 Å². The Morgan fingerprint density at radius 3 is 2.61 bits per heavy atom. The fraction of sp³-hybridized carbons (Fsp3) is 0.250. The summed E-state index contributed by atoms with van der Waals surface area (Å²) in [5, 5.41) is 11.7. The second-order valence-electron chi connectivity index (χ2n) is 6.57. The third kappa shape index (κ3) is 4.45. The molecular formula is C20H19N5O2S. The lowest BCUT2D eigenvalue weighted by molar-refractivity contribution is -0.128. The van der Waals surface area contributed by atoms with Crippen LogP contribution in [0.3, 0.4) is 0 Å². The number of amides is 2. The molecule has 1 aromatic carbocycles. The molecule has 0 spiro atoms. The van der Waals surface area contributed by atoms with Gasteiger partial charge in [-0.1, -0.05) is 42.1 Å². The summed E-state index contributed by atoms with van der Waals surface area (Å²) in [6.07, 6.45) is 5.79. The number of rotatable bonds is 7. The van der Waals surface area contributed by atoms with E-state index in [0.717, 1.165) is 29.8 Å². The van der Waals surface area contributed by atoms with Crippen molar-refractivity contribution < 1.29 is 9.59 Å². The predicted octanol–water partition coefficient (Wildman–Crippen LogP) is 2.65.